The highest BCUT2D eigenvalue weighted by atomic mass is 32.2. The summed E-state index contributed by atoms with van der Waals surface area (Å²) in [4.78, 5) is 1.21. The smallest absolute Gasteiger partial charge is 0.0575 e. The van der Waals surface area contributed by atoms with Gasteiger partial charge in [-0.1, -0.05) is 18.2 Å². The summed E-state index contributed by atoms with van der Waals surface area (Å²) in [6.45, 7) is 2.93. The summed E-state index contributed by atoms with van der Waals surface area (Å²) in [5.41, 5.74) is 8.90. The Hall–Kier alpha value is -1.81. The van der Waals surface area contributed by atoms with Gasteiger partial charge in [0.15, 0.2) is 0 Å². The molecule has 0 spiro atoms. The molecule has 0 saturated carbocycles. The summed E-state index contributed by atoms with van der Waals surface area (Å²) in [5, 5.41) is 3.24. The van der Waals surface area contributed by atoms with Gasteiger partial charge in [0, 0.05) is 24.2 Å². The Kier molecular flexibility index (Phi) is 4.58. The quantitative estimate of drug-likeness (QED) is 0.641. The van der Waals surface area contributed by atoms with Crippen molar-refractivity contribution in [1.29, 1.82) is 0 Å². The van der Waals surface area contributed by atoms with Gasteiger partial charge in [-0.15, -0.1) is 0 Å². The first-order valence-electron chi connectivity index (χ1n) is 6.31. The van der Waals surface area contributed by atoms with E-state index in [1.807, 2.05) is 37.4 Å². The van der Waals surface area contributed by atoms with E-state index in [-0.39, 0.29) is 0 Å². The van der Waals surface area contributed by atoms with Gasteiger partial charge in [-0.3, -0.25) is 0 Å². The number of rotatable bonds is 5. The number of hydrogen-bond donors (Lipinski definition) is 2. The number of benzene rings is 2. The molecule has 0 fully saturated rings. The predicted octanol–water partition coefficient (Wildman–Crippen LogP) is 3.84. The van der Waals surface area contributed by atoms with Crippen molar-refractivity contribution in [2.75, 3.05) is 28.9 Å². The van der Waals surface area contributed by atoms with Crippen molar-refractivity contribution in [3.63, 3.8) is 0 Å². The van der Waals surface area contributed by atoms with Crippen LogP contribution in [0.4, 0.5) is 17.1 Å². The number of anilines is 3. The molecule has 3 nitrogen and oxygen atoms in total. The zero-order valence-electron chi connectivity index (χ0n) is 11.3. The molecule has 0 heterocycles. The monoisotopic (exact) mass is 273 g/mol. The lowest BCUT2D eigenvalue weighted by Gasteiger charge is -2.19. The zero-order valence-corrected chi connectivity index (χ0v) is 12.1. The summed E-state index contributed by atoms with van der Waals surface area (Å²) >= 11 is 1.68. The van der Waals surface area contributed by atoms with Crippen LogP contribution in [-0.2, 0) is 0 Å². The van der Waals surface area contributed by atoms with E-state index < -0.39 is 0 Å². The molecule has 0 radical (unpaired) electrons. The molecule has 100 valence electrons. The molecular formula is C15H19N3S. The molecule has 0 aliphatic rings. The number of nitrogen functional groups attached to an aromatic ring is 1. The molecule has 2 aromatic carbocycles. The fourth-order valence-corrected chi connectivity index (χ4v) is 2.60. The van der Waals surface area contributed by atoms with Crippen LogP contribution in [0.5, 0.6) is 0 Å². The Morgan fingerprint density at radius 1 is 1.16 bits per heavy atom. The number of hydrogen-bond acceptors (Lipinski definition) is 4. The van der Waals surface area contributed by atoms with Gasteiger partial charge in [0.25, 0.3) is 0 Å². The van der Waals surface area contributed by atoms with Crippen LogP contribution in [0, 0.1) is 0 Å². The van der Waals surface area contributed by atoms with Gasteiger partial charge in [-0.2, -0.15) is 0 Å². The summed E-state index contributed by atoms with van der Waals surface area (Å²) in [5.74, 6) is 0. The number of nitrogens with two attached hydrogens (primary N) is 1. The van der Waals surface area contributed by atoms with E-state index in [0.717, 1.165) is 23.6 Å². The maximum Gasteiger partial charge on any atom is 0.0575 e. The highest BCUT2D eigenvalue weighted by Crippen LogP contribution is 2.30. The van der Waals surface area contributed by atoms with Gasteiger partial charge < -0.3 is 15.4 Å². The highest BCUT2D eigenvalue weighted by molar-refractivity contribution is 8.00. The molecule has 0 aromatic heterocycles. The van der Waals surface area contributed by atoms with Crippen LogP contribution in [0.2, 0.25) is 0 Å². The minimum absolute atomic E-state index is 0.778. The van der Waals surface area contributed by atoms with E-state index in [4.69, 9.17) is 5.73 Å². The first-order chi connectivity index (χ1) is 9.20. The second-order valence-electron chi connectivity index (χ2n) is 4.20. The topological polar surface area (TPSA) is 41.3 Å². The van der Waals surface area contributed by atoms with E-state index in [9.17, 15) is 0 Å². The van der Waals surface area contributed by atoms with E-state index >= 15 is 0 Å². The van der Waals surface area contributed by atoms with Crippen LogP contribution >= 0.6 is 11.9 Å². The molecular weight excluding hydrogens is 254 g/mol. The van der Waals surface area contributed by atoms with Gasteiger partial charge in [-0.25, -0.2) is 0 Å². The van der Waals surface area contributed by atoms with E-state index in [1.165, 1.54) is 4.90 Å². The third-order valence-electron chi connectivity index (χ3n) is 2.75. The fourth-order valence-electron chi connectivity index (χ4n) is 1.79. The van der Waals surface area contributed by atoms with Gasteiger partial charge >= 0.3 is 0 Å². The van der Waals surface area contributed by atoms with Gasteiger partial charge in [0.05, 0.1) is 11.4 Å². The largest absolute Gasteiger partial charge is 0.397 e. The minimum atomic E-state index is 0.778. The Bertz CT molecular complexity index is 528. The molecule has 0 aliphatic heterocycles. The average Bonchev–Trinajstić information content (AvgIpc) is 2.42. The standard InChI is InChI=1S/C15H19N3S/c1-3-17-15-10-9-12(11-14(15)16)18(2)19-13-7-5-4-6-8-13/h4-11,17H,3,16H2,1-2H3. The normalized spacial score (nSPS) is 10.2. The van der Waals surface area contributed by atoms with Crippen molar-refractivity contribution in [2.45, 2.75) is 11.8 Å². The molecule has 4 heteroatoms. The van der Waals surface area contributed by atoms with Crippen molar-refractivity contribution >= 4 is 29.0 Å². The summed E-state index contributed by atoms with van der Waals surface area (Å²) in [6.07, 6.45) is 0. The molecule has 0 aliphatic carbocycles. The Labute approximate surface area is 118 Å². The SMILES string of the molecule is CCNc1ccc(N(C)Sc2ccccc2)cc1N. The second kappa shape index (κ2) is 6.38. The van der Waals surface area contributed by atoms with Crippen molar-refractivity contribution in [1.82, 2.24) is 0 Å². The molecule has 3 N–H and O–H groups in total. The average molecular weight is 273 g/mol. The Balaban J connectivity index is 2.11. The van der Waals surface area contributed by atoms with E-state index in [1.54, 1.807) is 11.9 Å². The van der Waals surface area contributed by atoms with Gasteiger partial charge in [0.1, 0.15) is 0 Å². The van der Waals surface area contributed by atoms with Crippen molar-refractivity contribution in [2.24, 2.45) is 0 Å². The predicted molar refractivity (Wildman–Crippen MR) is 85.7 cm³/mol. The fraction of sp³-hybridized carbons (Fsp3) is 0.200. The first kappa shape index (κ1) is 13.6. The van der Waals surface area contributed by atoms with Crippen LogP contribution < -0.4 is 15.4 Å². The van der Waals surface area contributed by atoms with Crippen LogP contribution in [0.1, 0.15) is 6.92 Å². The first-order valence-corrected chi connectivity index (χ1v) is 7.08. The van der Waals surface area contributed by atoms with Crippen LogP contribution in [0.15, 0.2) is 53.4 Å². The third-order valence-corrected chi connectivity index (χ3v) is 3.72. The summed E-state index contributed by atoms with van der Waals surface area (Å²) < 4.78 is 2.11. The van der Waals surface area contributed by atoms with Crippen LogP contribution in [-0.4, -0.2) is 13.6 Å². The van der Waals surface area contributed by atoms with E-state index in [0.29, 0.717) is 0 Å². The highest BCUT2D eigenvalue weighted by Gasteiger charge is 2.06. The lowest BCUT2D eigenvalue weighted by molar-refractivity contribution is 1.21. The Morgan fingerprint density at radius 2 is 1.89 bits per heavy atom. The summed E-state index contributed by atoms with van der Waals surface area (Å²) in [6, 6.07) is 16.4. The molecule has 0 unspecified atom stereocenters. The lowest BCUT2D eigenvalue weighted by Crippen LogP contribution is -2.07. The molecule has 0 amide bonds. The molecule has 2 rings (SSSR count). The number of nitrogens with one attached hydrogen (secondary N) is 1. The maximum absolute atomic E-state index is 6.04. The van der Waals surface area contributed by atoms with Crippen LogP contribution in [0.25, 0.3) is 0 Å². The van der Waals surface area contributed by atoms with Gasteiger partial charge in [-0.05, 0) is 49.2 Å². The van der Waals surface area contributed by atoms with Crippen molar-refractivity contribution in [3.8, 4) is 0 Å². The molecule has 19 heavy (non-hydrogen) atoms. The summed E-state index contributed by atoms with van der Waals surface area (Å²) in [7, 11) is 2.04. The second-order valence-corrected chi connectivity index (χ2v) is 5.41. The number of nitrogens with zero attached hydrogens (tertiary/aromatic N) is 1. The van der Waals surface area contributed by atoms with Gasteiger partial charge in [0.2, 0.25) is 0 Å². The molecule has 2 aromatic rings. The van der Waals surface area contributed by atoms with Crippen molar-refractivity contribution in [3.05, 3.63) is 48.5 Å². The zero-order chi connectivity index (χ0) is 13.7. The molecule has 0 atom stereocenters. The van der Waals surface area contributed by atoms with Crippen LogP contribution in [0.3, 0.4) is 0 Å². The molecule has 0 bridgehead atoms. The lowest BCUT2D eigenvalue weighted by atomic mass is 10.2. The maximum atomic E-state index is 6.04. The van der Waals surface area contributed by atoms with E-state index in [2.05, 4.69) is 34.7 Å². The molecule has 0 saturated heterocycles. The third kappa shape index (κ3) is 3.58. The Morgan fingerprint density at radius 3 is 2.53 bits per heavy atom. The minimum Gasteiger partial charge on any atom is -0.397 e. The van der Waals surface area contributed by atoms with Crippen molar-refractivity contribution < 1.29 is 0 Å².